The highest BCUT2D eigenvalue weighted by Crippen LogP contribution is 2.22. The lowest BCUT2D eigenvalue weighted by molar-refractivity contribution is 0.486. The summed E-state index contributed by atoms with van der Waals surface area (Å²) in [5.41, 5.74) is 0.813. The lowest BCUT2D eigenvalue weighted by Gasteiger charge is -2.11. The predicted molar refractivity (Wildman–Crippen MR) is 84.4 cm³/mol. The van der Waals surface area contributed by atoms with Crippen LogP contribution >= 0.6 is 22.6 Å². The quantitative estimate of drug-likeness (QED) is 0.785. The molecule has 108 valence electrons. The van der Waals surface area contributed by atoms with Crippen LogP contribution in [0.5, 0.6) is 0 Å². The van der Waals surface area contributed by atoms with Crippen molar-refractivity contribution >= 4 is 32.6 Å². The molecule has 2 aromatic rings. The number of primary sulfonamides is 1. The van der Waals surface area contributed by atoms with Gasteiger partial charge in [-0.3, -0.25) is 4.57 Å². The molecule has 0 spiro atoms. The zero-order valence-electron chi connectivity index (χ0n) is 11.1. The van der Waals surface area contributed by atoms with E-state index in [0.29, 0.717) is 12.4 Å². The first-order valence-electron chi connectivity index (χ1n) is 6.01. The number of nitrogens with zero attached hydrogens (tertiary/aromatic N) is 3. The number of benzene rings is 1. The van der Waals surface area contributed by atoms with Crippen LogP contribution in [0.2, 0.25) is 0 Å². The van der Waals surface area contributed by atoms with E-state index in [9.17, 15) is 8.42 Å². The normalized spacial score (nSPS) is 12.1. The molecule has 0 bridgehead atoms. The van der Waals surface area contributed by atoms with Crippen molar-refractivity contribution in [3.63, 3.8) is 0 Å². The van der Waals surface area contributed by atoms with Crippen molar-refractivity contribution in [3.8, 4) is 11.4 Å². The first-order valence-corrected chi connectivity index (χ1v) is 8.63. The van der Waals surface area contributed by atoms with Crippen molar-refractivity contribution in [2.45, 2.75) is 25.5 Å². The Hall–Kier alpha value is -1.00. The minimum atomic E-state index is -3.89. The number of halogens is 1. The van der Waals surface area contributed by atoms with Gasteiger partial charge in [0.1, 0.15) is 0 Å². The van der Waals surface area contributed by atoms with E-state index in [2.05, 4.69) is 32.8 Å². The van der Waals surface area contributed by atoms with E-state index in [-0.39, 0.29) is 11.1 Å². The molecule has 0 aliphatic carbocycles. The van der Waals surface area contributed by atoms with E-state index in [1.165, 1.54) is 0 Å². The van der Waals surface area contributed by atoms with Gasteiger partial charge in [-0.1, -0.05) is 26.0 Å². The van der Waals surface area contributed by atoms with Gasteiger partial charge in [-0.15, -0.1) is 10.2 Å². The molecule has 0 aliphatic rings. The minimum absolute atomic E-state index is 0.195. The fourth-order valence-electron chi connectivity index (χ4n) is 1.84. The summed E-state index contributed by atoms with van der Waals surface area (Å²) in [5, 5.41) is 12.7. The Morgan fingerprint density at radius 1 is 1.25 bits per heavy atom. The van der Waals surface area contributed by atoms with Gasteiger partial charge in [-0.25, -0.2) is 13.6 Å². The van der Waals surface area contributed by atoms with Gasteiger partial charge in [-0.2, -0.15) is 0 Å². The van der Waals surface area contributed by atoms with Crippen LogP contribution < -0.4 is 5.14 Å². The highest BCUT2D eigenvalue weighted by molar-refractivity contribution is 14.1. The van der Waals surface area contributed by atoms with Gasteiger partial charge >= 0.3 is 0 Å². The van der Waals surface area contributed by atoms with Crippen LogP contribution in [0.1, 0.15) is 13.8 Å². The molecule has 0 amide bonds. The number of nitrogens with two attached hydrogens (primary N) is 1. The molecule has 0 fully saturated rings. The summed E-state index contributed by atoms with van der Waals surface area (Å²) in [4.78, 5) is 0. The van der Waals surface area contributed by atoms with E-state index in [1.807, 2.05) is 38.1 Å². The summed E-state index contributed by atoms with van der Waals surface area (Å²) in [5.74, 6) is 0.758. The first-order chi connectivity index (χ1) is 9.29. The Kier molecular flexibility index (Phi) is 4.45. The van der Waals surface area contributed by atoms with Gasteiger partial charge in [-0.05, 0) is 40.6 Å². The topological polar surface area (TPSA) is 90.9 Å². The molecule has 0 aliphatic heterocycles. The Labute approximate surface area is 131 Å². The number of hydrogen-bond acceptors (Lipinski definition) is 4. The molecule has 1 aromatic carbocycles. The SMILES string of the molecule is CC(C)Cn1c(-c2ccc(I)cc2)nnc1S(N)(=O)=O. The zero-order chi connectivity index (χ0) is 14.9. The van der Waals surface area contributed by atoms with Crippen molar-refractivity contribution in [3.05, 3.63) is 27.8 Å². The largest absolute Gasteiger partial charge is 0.296 e. The molecule has 20 heavy (non-hydrogen) atoms. The van der Waals surface area contributed by atoms with Crippen LogP contribution in [0.3, 0.4) is 0 Å². The van der Waals surface area contributed by atoms with E-state index in [4.69, 9.17) is 5.14 Å². The Morgan fingerprint density at radius 2 is 1.85 bits per heavy atom. The third-order valence-electron chi connectivity index (χ3n) is 2.62. The first kappa shape index (κ1) is 15.4. The maximum atomic E-state index is 11.6. The smallest absolute Gasteiger partial charge is 0.273 e. The van der Waals surface area contributed by atoms with Crippen molar-refractivity contribution < 1.29 is 8.42 Å². The molecular weight excluding hydrogens is 391 g/mol. The highest BCUT2D eigenvalue weighted by atomic mass is 127. The lowest BCUT2D eigenvalue weighted by atomic mass is 10.2. The Balaban J connectivity index is 2.59. The fourth-order valence-corrected chi connectivity index (χ4v) is 2.82. The highest BCUT2D eigenvalue weighted by Gasteiger charge is 2.22. The van der Waals surface area contributed by atoms with Crippen molar-refractivity contribution in [1.29, 1.82) is 0 Å². The Morgan fingerprint density at radius 3 is 2.35 bits per heavy atom. The third-order valence-corrected chi connectivity index (χ3v) is 4.15. The standard InChI is InChI=1S/C12H15IN4O2S/c1-8(2)7-17-11(9-3-5-10(13)6-4-9)15-16-12(17)20(14,18)19/h3-6,8H,7H2,1-2H3,(H2,14,18,19). The van der Waals surface area contributed by atoms with Gasteiger partial charge in [0, 0.05) is 15.7 Å². The second kappa shape index (κ2) is 5.78. The van der Waals surface area contributed by atoms with E-state index in [1.54, 1.807) is 4.57 Å². The van der Waals surface area contributed by atoms with Crippen molar-refractivity contribution in [1.82, 2.24) is 14.8 Å². The third kappa shape index (κ3) is 3.36. The van der Waals surface area contributed by atoms with Crippen LogP contribution in [-0.4, -0.2) is 23.2 Å². The van der Waals surface area contributed by atoms with E-state index in [0.717, 1.165) is 9.13 Å². The summed E-state index contributed by atoms with van der Waals surface area (Å²) in [6.45, 7) is 4.47. The van der Waals surface area contributed by atoms with Gasteiger partial charge in [0.25, 0.3) is 15.2 Å². The molecule has 8 heteroatoms. The van der Waals surface area contributed by atoms with Gasteiger partial charge in [0.2, 0.25) is 0 Å². The minimum Gasteiger partial charge on any atom is -0.296 e. The van der Waals surface area contributed by atoms with Crippen molar-refractivity contribution in [2.24, 2.45) is 11.1 Å². The molecule has 6 nitrogen and oxygen atoms in total. The average molecular weight is 406 g/mol. The van der Waals surface area contributed by atoms with E-state index >= 15 is 0 Å². The molecule has 0 saturated heterocycles. The van der Waals surface area contributed by atoms with Crippen LogP contribution in [0.15, 0.2) is 29.4 Å². The summed E-state index contributed by atoms with van der Waals surface area (Å²) in [7, 11) is -3.89. The molecule has 1 heterocycles. The maximum absolute atomic E-state index is 11.6. The average Bonchev–Trinajstić information content (AvgIpc) is 2.72. The number of aromatic nitrogens is 3. The molecule has 2 rings (SSSR count). The van der Waals surface area contributed by atoms with Crippen LogP contribution in [0.25, 0.3) is 11.4 Å². The summed E-state index contributed by atoms with van der Waals surface area (Å²) in [6.07, 6.45) is 0. The van der Waals surface area contributed by atoms with Crippen LogP contribution in [0.4, 0.5) is 0 Å². The monoisotopic (exact) mass is 406 g/mol. The number of rotatable bonds is 4. The van der Waals surface area contributed by atoms with Gasteiger partial charge in [0.05, 0.1) is 0 Å². The summed E-state index contributed by atoms with van der Waals surface area (Å²) in [6, 6.07) is 7.63. The Bertz CT molecular complexity index is 708. The molecule has 0 unspecified atom stereocenters. The molecule has 0 saturated carbocycles. The van der Waals surface area contributed by atoms with Crippen molar-refractivity contribution in [2.75, 3.05) is 0 Å². The molecule has 0 atom stereocenters. The molecule has 2 N–H and O–H groups in total. The van der Waals surface area contributed by atoms with Gasteiger partial charge < -0.3 is 0 Å². The molecular formula is C12H15IN4O2S. The second-order valence-electron chi connectivity index (χ2n) is 4.86. The summed E-state index contributed by atoms with van der Waals surface area (Å²) < 4.78 is 25.8. The van der Waals surface area contributed by atoms with Crippen LogP contribution in [-0.2, 0) is 16.6 Å². The fraction of sp³-hybridized carbons (Fsp3) is 0.333. The van der Waals surface area contributed by atoms with E-state index < -0.39 is 10.0 Å². The van der Waals surface area contributed by atoms with Crippen LogP contribution in [0, 0.1) is 9.49 Å². The summed E-state index contributed by atoms with van der Waals surface area (Å²) >= 11 is 2.20. The second-order valence-corrected chi connectivity index (χ2v) is 7.56. The molecule has 1 aromatic heterocycles. The van der Waals surface area contributed by atoms with Gasteiger partial charge in [0.15, 0.2) is 5.82 Å². The molecule has 0 radical (unpaired) electrons. The lowest BCUT2D eigenvalue weighted by Crippen LogP contribution is -2.20. The predicted octanol–water partition coefficient (Wildman–Crippen LogP) is 1.85. The maximum Gasteiger partial charge on any atom is 0.273 e. The number of sulfonamides is 1. The number of hydrogen-bond donors (Lipinski definition) is 1. The zero-order valence-corrected chi connectivity index (χ0v) is 14.1.